The third kappa shape index (κ3) is 2.81. The molecule has 1 aromatic carbocycles. The highest BCUT2D eigenvalue weighted by Gasteiger charge is 2.23. The molecule has 1 aliphatic rings. The summed E-state index contributed by atoms with van der Waals surface area (Å²) in [6.45, 7) is 5.12. The van der Waals surface area contributed by atoms with E-state index in [2.05, 4.69) is 16.5 Å². The highest BCUT2D eigenvalue weighted by atomic mass is 16.2. The molecule has 0 unspecified atom stereocenters. The molecule has 107 valence electrons. The van der Waals surface area contributed by atoms with Gasteiger partial charge in [0.2, 0.25) is 0 Å². The lowest BCUT2D eigenvalue weighted by Gasteiger charge is -2.28. The number of hydrogen-bond donors (Lipinski definition) is 1. The van der Waals surface area contributed by atoms with Crippen LogP contribution >= 0.6 is 0 Å². The molecule has 21 heavy (non-hydrogen) atoms. The van der Waals surface area contributed by atoms with Crippen molar-refractivity contribution in [1.29, 1.82) is 0 Å². The molecule has 0 spiro atoms. The summed E-state index contributed by atoms with van der Waals surface area (Å²) in [7, 11) is 0. The molecule has 2 aromatic rings. The molecule has 1 saturated heterocycles. The fourth-order valence-corrected chi connectivity index (χ4v) is 2.63. The molecule has 1 N–H and O–H groups in total. The lowest BCUT2D eigenvalue weighted by Crippen LogP contribution is -2.46. The van der Waals surface area contributed by atoms with Crippen LogP contribution in [0.3, 0.4) is 0 Å². The maximum Gasteiger partial charge on any atom is 0.254 e. The molecular formula is C17H18N3O. The minimum atomic E-state index is 0.0755. The summed E-state index contributed by atoms with van der Waals surface area (Å²) < 4.78 is 0. The number of carbonyl (C=O) groups excluding carboxylic acids is 1. The van der Waals surface area contributed by atoms with Crippen molar-refractivity contribution in [2.24, 2.45) is 0 Å². The van der Waals surface area contributed by atoms with E-state index in [4.69, 9.17) is 0 Å². The Hall–Kier alpha value is -2.20. The summed E-state index contributed by atoms with van der Waals surface area (Å²) in [6.07, 6.45) is 4.71. The fraction of sp³-hybridized carbons (Fsp3) is 0.294. The average Bonchev–Trinajstić information content (AvgIpc) is 2.55. The summed E-state index contributed by atoms with van der Waals surface area (Å²) in [5, 5.41) is 3.27. The SMILES string of the molecule is Cc1cn[c]c(-c2ccccc2)c1C(=O)N1CCNCC1. The third-order valence-corrected chi connectivity index (χ3v) is 3.76. The van der Waals surface area contributed by atoms with E-state index in [0.29, 0.717) is 0 Å². The minimum Gasteiger partial charge on any atom is -0.336 e. The molecule has 1 fully saturated rings. The van der Waals surface area contributed by atoms with Crippen LogP contribution in [-0.4, -0.2) is 42.0 Å². The van der Waals surface area contributed by atoms with Gasteiger partial charge in [-0.05, 0) is 18.1 Å². The predicted octanol–water partition coefficient (Wildman–Crippen LogP) is 1.90. The molecule has 0 saturated carbocycles. The van der Waals surface area contributed by atoms with Gasteiger partial charge in [0.1, 0.15) is 0 Å². The zero-order valence-corrected chi connectivity index (χ0v) is 12.1. The van der Waals surface area contributed by atoms with Crippen molar-refractivity contribution in [2.75, 3.05) is 26.2 Å². The summed E-state index contributed by atoms with van der Waals surface area (Å²) >= 11 is 0. The average molecular weight is 280 g/mol. The van der Waals surface area contributed by atoms with Gasteiger partial charge in [-0.2, -0.15) is 0 Å². The molecular weight excluding hydrogens is 262 g/mol. The molecule has 1 radical (unpaired) electrons. The van der Waals surface area contributed by atoms with Gasteiger partial charge in [0.15, 0.2) is 0 Å². The number of benzene rings is 1. The van der Waals surface area contributed by atoms with E-state index >= 15 is 0 Å². The number of aromatic nitrogens is 1. The first kappa shape index (κ1) is 13.8. The van der Waals surface area contributed by atoms with Crippen molar-refractivity contribution in [2.45, 2.75) is 6.92 Å². The van der Waals surface area contributed by atoms with Crippen LogP contribution in [0.2, 0.25) is 0 Å². The number of nitrogens with zero attached hydrogens (tertiary/aromatic N) is 2. The Labute approximate surface area is 124 Å². The zero-order chi connectivity index (χ0) is 14.7. The number of carbonyl (C=O) groups is 1. The quantitative estimate of drug-likeness (QED) is 0.914. The van der Waals surface area contributed by atoms with Crippen LogP contribution in [0.1, 0.15) is 15.9 Å². The van der Waals surface area contributed by atoms with E-state index in [1.54, 1.807) is 6.20 Å². The first-order valence-electron chi connectivity index (χ1n) is 7.20. The first-order valence-corrected chi connectivity index (χ1v) is 7.20. The van der Waals surface area contributed by atoms with Crippen molar-refractivity contribution in [3.63, 3.8) is 0 Å². The minimum absolute atomic E-state index is 0.0755. The third-order valence-electron chi connectivity index (χ3n) is 3.76. The van der Waals surface area contributed by atoms with Gasteiger partial charge in [0, 0.05) is 37.9 Å². The van der Waals surface area contributed by atoms with Crippen LogP contribution in [0.5, 0.6) is 0 Å². The monoisotopic (exact) mass is 280 g/mol. The zero-order valence-electron chi connectivity index (χ0n) is 12.1. The van der Waals surface area contributed by atoms with Crippen LogP contribution in [-0.2, 0) is 0 Å². The standard InChI is InChI=1S/C17H18N3O/c1-13-11-19-12-15(14-5-3-2-4-6-14)16(13)17(21)20-9-7-18-8-10-20/h2-6,11,18H,7-10H2,1H3. The van der Waals surface area contributed by atoms with E-state index < -0.39 is 0 Å². The summed E-state index contributed by atoms with van der Waals surface area (Å²) in [6, 6.07) is 9.86. The number of rotatable bonds is 2. The molecule has 4 nitrogen and oxygen atoms in total. The highest BCUT2D eigenvalue weighted by Crippen LogP contribution is 2.26. The van der Waals surface area contributed by atoms with Crippen LogP contribution in [0.25, 0.3) is 11.1 Å². The second-order valence-corrected chi connectivity index (χ2v) is 5.21. The second kappa shape index (κ2) is 6.06. The van der Waals surface area contributed by atoms with Crippen molar-refractivity contribution in [3.05, 3.63) is 53.9 Å². The summed E-state index contributed by atoms with van der Waals surface area (Å²) in [5.41, 5.74) is 3.39. The fourth-order valence-electron chi connectivity index (χ4n) is 2.63. The Morgan fingerprint density at radius 3 is 2.67 bits per heavy atom. The lowest BCUT2D eigenvalue weighted by molar-refractivity contribution is 0.0735. The Bertz CT molecular complexity index is 634. The van der Waals surface area contributed by atoms with Crippen molar-refractivity contribution in [3.8, 4) is 11.1 Å². The maximum atomic E-state index is 12.9. The number of hydrogen-bond acceptors (Lipinski definition) is 3. The Morgan fingerprint density at radius 1 is 1.24 bits per heavy atom. The number of pyridine rings is 1. The van der Waals surface area contributed by atoms with Crippen LogP contribution in [0.4, 0.5) is 0 Å². The molecule has 1 amide bonds. The molecule has 0 aliphatic carbocycles. The molecule has 4 heteroatoms. The van der Waals surface area contributed by atoms with Gasteiger partial charge in [0.25, 0.3) is 5.91 Å². The van der Waals surface area contributed by atoms with Gasteiger partial charge < -0.3 is 10.2 Å². The van der Waals surface area contributed by atoms with E-state index in [-0.39, 0.29) is 5.91 Å². The van der Waals surface area contributed by atoms with Gasteiger partial charge in [-0.3, -0.25) is 9.78 Å². The Morgan fingerprint density at radius 2 is 1.95 bits per heavy atom. The van der Waals surface area contributed by atoms with Crippen molar-refractivity contribution < 1.29 is 4.79 Å². The number of amides is 1. The number of nitrogens with one attached hydrogen (secondary N) is 1. The molecule has 1 aliphatic heterocycles. The molecule has 1 aromatic heterocycles. The van der Waals surface area contributed by atoms with E-state index in [1.165, 1.54) is 0 Å². The highest BCUT2D eigenvalue weighted by molar-refractivity contribution is 6.01. The van der Waals surface area contributed by atoms with Gasteiger partial charge in [0.05, 0.1) is 11.8 Å². The van der Waals surface area contributed by atoms with Crippen molar-refractivity contribution >= 4 is 5.91 Å². The van der Waals surface area contributed by atoms with Gasteiger partial charge >= 0.3 is 0 Å². The topological polar surface area (TPSA) is 45.2 Å². The normalized spacial score (nSPS) is 15.0. The van der Waals surface area contributed by atoms with E-state index in [0.717, 1.165) is 48.4 Å². The van der Waals surface area contributed by atoms with Gasteiger partial charge in [-0.1, -0.05) is 30.3 Å². The van der Waals surface area contributed by atoms with E-state index in [1.807, 2.05) is 42.2 Å². The summed E-state index contributed by atoms with van der Waals surface area (Å²) in [4.78, 5) is 18.9. The predicted molar refractivity (Wildman–Crippen MR) is 82.0 cm³/mol. The van der Waals surface area contributed by atoms with Crippen LogP contribution in [0.15, 0.2) is 36.5 Å². The largest absolute Gasteiger partial charge is 0.336 e. The van der Waals surface area contributed by atoms with Crippen LogP contribution in [0, 0.1) is 13.1 Å². The molecule has 2 heterocycles. The van der Waals surface area contributed by atoms with Gasteiger partial charge in [-0.15, -0.1) is 0 Å². The van der Waals surface area contributed by atoms with Gasteiger partial charge in [-0.25, -0.2) is 0 Å². The molecule has 0 atom stereocenters. The maximum absolute atomic E-state index is 12.9. The van der Waals surface area contributed by atoms with E-state index in [9.17, 15) is 4.79 Å². The molecule has 3 rings (SSSR count). The summed E-state index contributed by atoms with van der Waals surface area (Å²) in [5.74, 6) is 0.0755. The van der Waals surface area contributed by atoms with Crippen molar-refractivity contribution in [1.82, 2.24) is 15.2 Å². The smallest absolute Gasteiger partial charge is 0.254 e. The Balaban J connectivity index is 2.03. The second-order valence-electron chi connectivity index (χ2n) is 5.21. The van der Waals surface area contributed by atoms with Crippen LogP contribution < -0.4 is 5.32 Å². The Kier molecular flexibility index (Phi) is 3.97. The first-order chi connectivity index (χ1) is 10.3. The molecule has 0 bridgehead atoms. The number of aryl methyl sites for hydroxylation is 1. The number of piperazine rings is 1. The lowest BCUT2D eigenvalue weighted by atomic mass is 9.97.